The number of anilines is 1. The maximum atomic E-state index is 13.8. The molecular weight excluding hydrogens is 658 g/mol. The van der Waals surface area contributed by atoms with Crippen LogP contribution in [0.25, 0.3) is 27.0 Å². The zero-order valence-electron chi connectivity index (χ0n) is 21.6. The summed E-state index contributed by atoms with van der Waals surface area (Å²) in [5.74, 6) is -2.17. The summed E-state index contributed by atoms with van der Waals surface area (Å²) in [6.45, 7) is 5.15. The number of amides is 2. The van der Waals surface area contributed by atoms with Crippen molar-refractivity contribution >= 4 is 60.6 Å². The van der Waals surface area contributed by atoms with Gasteiger partial charge in [-0.25, -0.2) is 14.5 Å². The van der Waals surface area contributed by atoms with E-state index in [2.05, 4.69) is 41.4 Å². The van der Waals surface area contributed by atoms with Crippen LogP contribution in [0.2, 0.25) is 0 Å². The number of fused-ring (bicyclic) bond motifs is 2. The molecule has 5 aromatic rings. The Morgan fingerprint density at radius 2 is 1.76 bits per heavy atom. The summed E-state index contributed by atoms with van der Waals surface area (Å²) in [5.41, 5.74) is 2.66. The molecule has 0 saturated heterocycles. The fourth-order valence-electron chi connectivity index (χ4n) is 4.41. The lowest BCUT2D eigenvalue weighted by Crippen LogP contribution is -2.18. The van der Waals surface area contributed by atoms with Crippen LogP contribution < -0.4 is 11.1 Å². The SMILES string of the molecule is CCn1ncc(-c2cc(C(F)(F)F)nc3sc(C(N)=O)c(NC(=O)c4nn5c(C(F)(F)F)cc(C)nc5c4Br)c23)c1C. The third kappa shape index (κ3) is 4.87. The number of aryl methyl sites for hydroxylation is 2. The van der Waals surface area contributed by atoms with Crippen molar-refractivity contribution < 1.29 is 35.9 Å². The molecule has 0 saturated carbocycles. The van der Waals surface area contributed by atoms with E-state index in [0.717, 1.165) is 12.1 Å². The summed E-state index contributed by atoms with van der Waals surface area (Å²) in [6.07, 6.45) is -8.36. The van der Waals surface area contributed by atoms with Crippen molar-refractivity contribution in [3.63, 3.8) is 0 Å². The standard InChI is InChI=1S/C24H17BrF6N8O2S/c1-4-38-9(3)11(7-33-38)10-6-12(23(26,27)28)35-22-14(10)16(18(42-22)19(32)40)36-21(41)17-15(25)20-34-8(2)5-13(24(29,30)31)39(20)37-17/h5-7H,4H2,1-3H3,(H2,32,40)(H,36,41). The first-order valence-corrected chi connectivity index (χ1v) is 13.5. The Morgan fingerprint density at radius 1 is 1.07 bits per heavy atom. The number of carbonyl (C=O) groups excluding carboxylic acids is 2. The molecule has 5 rings (SSSR count). The quantitative estimate of drug-likeness (QED) is 0.220. The molecule has 0 aliphatic rings. The first-order chi connectivity index (χ1) is 19.5. The van der Waals surface area contributed by atoms with Crippen LogP contribution in [0.15, 0.2) is 22.8 Å². The molecule has 42 heavy (non-hydrogen) atoms. The number of nitrogens with two attached hydrogens (primary N) is 1. The second-order valence-corrected chi connectivity index (χ2v) is 10.8. The van der Waals surface area contributed by atoms with Crippen LogP contribution in [0.1, 0.15) is 49.9 Å². The summed E-state index contributed by atoms with van der Waals surface area (Å²) >= 11 is 3.60. The van der Waals surface area contributed by atoms with Gasteiger partial charge in [0.1, 0.15) is 21.1 Å². The highest BCUT2D eigenvalue weighted by atomic mass is 79.9. The molecule has 5 aromatic heterocycles. The molecule has 3 N–H and O–H groups in total. The van der Waals surface area contributed by atoms with Crippen LogP contribution in [-0.4, -0.2) is 41.2 Å². The van der Waals surface area contributed by atoms with Gasteiger partial charge in [0.25, 0.3) is 11.8 Å². The van der Waals surface area contributed by atoms with Gasteiger partial charge in [0.05, 0.1) is 16.4 Å². The highest BCUT2D eigenvalue weighted by molar-refractivity contribution is 9.10. The fourth-order valence-corrected chi connectivity index (χ4v) is 5.93. The third-order valence-electron chi connectivity index (χ3n) is 6.27. The smallest absolute Gasteiger partial charge is 0.365 e. The molecule has 0 aromatic carbocycles. The zero-order chi connectivity index (χ0) is 30.9. The molecule has 0 aliphatic carbocycles. The molecule has 0 fully saturated rings. The van der Waals surface area contributed by atoms with Crippen molar-refractivity contribution in [1.82, 2.24) is 29.4 Å². The van der Waals surface area contributed by atoms with Gasteiger partial charge < -0.3 is 11.1 Å². The van der Waals surface area contributed by atoms with Crippen molar-refractivity contribution in [2.45, 2.75) is 39.7 Å². The molecule has 10 nitrogen and oxygen atoms in total. The van der Waals surface area contributed by atoms with E-state index >= 15 is 0 Å². The van der Waals surface area contributed by atoms with Gasteiger partial charge in [-0.05, 0) is 54.4 Å². The number of pyridine rings is 1. The van der Waals surface area contributed by atoms with Crippen LogP contribution in [0, 0.1) is 13.8 Å². The van der Waals surface area contributed by atoms with Crippen molar-refractivity contribution in [3.8, 4) is 11.1 Å². The minimum atomic E-state index is -4.86. The van der Waals surface area contributed by atoms with Gasteiger partial charge in [0.15, 0.2) is 11.3 Å². The fraction of sp³-hybridized carbons (Fsp3) is 0.250. The number of primary amides is 1. The summed E-state index contributed by atoms with van der Waals surface area (Å²) in [7, 11) is 0. The lowest BCUT2D eigenvalue weighted by atomic mass is 10.0. The Kier molecular flexibility index (Phi) is 7.04. The predicted molar refractivity (Wildman–Crippen MR) is 143 cm³/mol. The number of halogens is 7. The number of nitrogens with zero attached hydrogens (tertiary/aromatic N) is 6. The molecule has 2 amide bonds. The average molecular weight is 675 g/mol. The molecule has 18 heteroatoms. The van der Waals surface area contributed by atoms with E-state index in [1.807, 2.05) is 0 Å². The highest BCUT2D eigenvalue weighted by Crippen LogP contribution is 2.44. The van der Waals surface area contributed by atoms with Gasteiger partial charge >= 0.3 is 12.4 Å². The van der Waals surface area contributed by atoms with Gasteiger partial charge in [0.2, 0.25) is 0 Å². The van der Waals surface area contributed by atoms with Crippen LogP contribution in [-0.2, 0) is 18.9 Å². The van der Waals surface area contributed by atoms with E-state index in [0.29, 0.717) is 28.1 Å². The Hall–Kier alpha value is -4.06. The lowest BCUT2D eigenvalue weighted by Gasteiger charge is -2.12. The van der Waals surface area contributed by atoms with E-state index in [1.54, 1.807) is 13.8 Å². The second-order valence-electron chi connectivity index (χ2n) is 9.00. The second kappa shape index (κ2) is 10.0. The Balaban J connectivity index is 1.75. The van der Waals surface area contributed by atoms with Gasteiger partial charge in [-0.2, -0.15) is 36.5 Å². The van der Waals surface area contributed by atoms with Crippen LogP contribution in [0.5, 0.6) is 0 Å². The number of hydrogen-bond donors (Lipinski definition) is 2. The summed E-state index contributed by atoms with van der Waals surface area (Å²) in [4.78, 5) is 33.0. The molecule has 0 atom stereocenters. The first-order valence-electron chi connectivity index (χ1n) is 11.8. The van der Waals surface area contributed by atoms with Gasteiger partial charge in [-0.1, -0.05) is 0 Å². The number of aromatic nitrogens is 6. The summed E-state index contributed by atoms with van der Waals surface area (Å²) in [6, 6.07) is 1.52. The number of nitrogens with one attached hydrogen (secondary N) is 1. The van der Waals surface area contributed by atoms with Gasteiger partial charge in [-0.3, -0.25) is 14.3 Å². The number of carbonyl (C=O) groups is 2. The van der Waals surface area contributed by atoms with E-state index in [-0.39, 0.29) is 47.7 Å². The molecule has 0 aliphatic heterocycles. The van der Waals surface area contributed by atoms with E-state index in [1.165, 1.54) is 17.8 Å². The maximum Gasteiger partial charge on any atom is 0.433 e. The molecule has 0 bridgehead atoms. The molecule has 220 valence electrons. The Bertz CT molecular complexity index is 1920. The Morgan fingerprint density at radius 3 is 2.33 bits per heavy atom. The minimum Gasteiger partial charge on any atom is -0.365 e. The molecule has 0 radical (unpaired) electrons. The lowest BCUT2D eigenvalue weighted by molar-refractivity contribution is -0.143. The molecule has 5 heterocycles. The molecule has 0 unspecified atom stereocenters. The van der Waals surface area contributed by atoms with Crippen molar-refractivity contribution in [2.75, 3.05) is 5.32 Å². The van der Waals surface area contributed by atoms with E-state index in [4.69, 9.17) is 5.73 Å². The van der Waals surface area contributed by atoms with Crippen molar-refractivity contribution in [3.05, 3.63) is 56.1 Å². The average Bonchev–Trinajstić information content (AvgIpc) is 3.55. The number of thiophene rings is 1. The number of hydrogen-bond acceptors (Lipinski definition) is 7. The number of alkyl halides is 6. The maximum absolute atomic E-state index is 13.8. The predicted octanol–water partition coefficient (Wildman–Crippen LogP) is 5.99. The molecular formula is C24H17BrF6N8O2S. The zero-order valence-corrected chi connectivity index (χ0v) is 24.0. The summed E-state index contributed by atoms with van der Waals surface area (Å²) in [5, 5.41) is 10.4. The largest absolute Gasteiger partial charge is 0.433 e. The summed E-state index contributed by atoms with van der Waals surface area (Å²) < 4.78 is 84.4. The van der Waals surface area contributed by atoms with Crippen molar-refractivity contribution in [1.29, 1.82) is 0 Å². The topological polar surface area (TPSA) is 133 Å². The van der Waals surface area contributed by atoms with Gasteiger partial charge in [-0.15, -0.1) is 11.3 Å². The molecule has 0 spiro atoms. The van der Waals surface area contributed by atoms with Crippen LogP contribution in [0.3, 0.4) is 0 Å². The van der Waals surface area contributed by atoms with Crippen LogP contribution in [0.4, 0.5) is 32.0 Å². The Labute approximate surface area is 243 Å². The highest BCUT2D eigenvalue weighted by Gasteiger charge is 2.38. The monoisotopic (exact) mass is 674 g/mol. The first kappa shape index (κ1) is 29.4. The normalized spacial score (nSPS) is 12.4. The van der Waals surface area contributed by atoms with Gasteiger partial charge in [0, 0.05) is 28.9 Å². The van der Waals surface area contributed by atoms with E-state index < -0.39 is 41.2 Å². The minimum absolute atomic E-state index is 0.00130. The van der Waals surface area contributed by atoms with Crippen molar-refractivity contribution in [2.24, 2.45) is 5.73 Å². The van der Waals surface area contributed by atoms with E-state index in [9.17, 15) is 35.9 Å². The number of rotatable bonds is 5. The third-order valence-corrected chi connectivity index (χ3v) is 8.10. The van der Waals surface area contributed by atoms with Crippen LogP contribution >= 0.6 is 27.3 Å².